The van der Waals surface area contributed by atoms with Gasteiger partial charge in [0.1, 0.15) is 72.5 Å². The summed E-state index contributed by atoms with van der Waals surface area (Å²) in [6.07, 6.45) is 5.33. The van der Waals surface area contributed by atoms with Gasteiger partial charge >= 0.3 is 0 Å². The molecule has 0 spiro atoms. The van der Waals surface area contributed by atoms with Gasteiger partial charge in [0.15, 0.2) is 0 Å². The Kier molecular flexibility index (Phi) is 42.9. The number of carbonyl (C=O) groups excluding carboxylic acids is 15. The summed E-state index contributed by atoms with van der Waals surface area (Å²) < 4.78 is 0. The predicted molar refractivity (Wildman–Crippen MR) is 428 cm³/mol. The number of primary amides is 2. The fraction of sp³-hybridized carbons (Fsp3) is 0.610. The van der Waals surface area contributed by atoms with Gasteiger partial charge in [0.05, 0.1) is 30.6 Å². The van der Waals surface area contributed by atoms with E-state index in [1.807, 2.05) is 40.7 Å². The van der Waals surface area contributed by atoms with Gasteiger partial charge in [0.25, 0.3) is 0 Å². The highest BCUT2D eigenvalue weighted by Gasteiger charge is 2.37. The van der Waals surface area contributed by atoms with Crippen molar-refractivity contribution in [2.24, 2.45) is 52.3 Å². The number of benzene rings is 2. The van der Waals surface area contributed by atoms with E-state index in [0.717, 1.165) is 0 Å². The zero-order valence-corrected chi connectivity index (χ0v) is 67.9. The summed E-state index contributed by atoms with van der Waals surface area (Å²) in [6.45, 7) is 18.1. The molecule has 0 bridgehead atoms. The minimum Gasteiger partial charge on any atom is -0.370 e. The van der Waals surface area contributed by atoms with Gasteiger partial charge in [-0.15, -0.1) is 0 Å². The van der Waals surface area contributed by atoms with Crippen molar-refractivity contribution in [2.45, 2.75) is 245 Å². The molecule has 0 radical (unpaired) electrons. The van der Waals surface area contributed by atoms with Crippen molar-refractivity contribution >= 4 is 111 Å². The van der Waals surface area contributed by atoms with Crippen LogP contribution in [0.4, 0.5) is 0 Å². The Labute approximate surface area is 665 Å². The molecule has 15 atom stereocenters. The average Bonchev–Trinajstić information content (AvgIpc) is 1.71. The van der Waals surface area contributed by atoms with Crippen molar-refractivity contribution in [2.75, 3.05) is 31.6 Å². The Morgan fingerprint density at radius 2 is 0.903 bits per heavy atom. The van der Waals surface area contributed by atoms with Crippen LogP contribution in [-0.2, 0) is 84.8 Å². The third-order valence-electron chi connectivity index (χ3n) is 19.1. The van der Waals surface area contributed by atoms with Gasteiger partial charge in [-0.3, -0.25) is 71.9 Å². The molecular formula is C77H122N20O15S. The number of para-hydroxylation sites is 1. The number of fused-ring (bicyclic) bond motifs is 1. The number of unbranched alkanes of at least 4 members (excludes halogenated alkanes) is 2. The maximum absolute atomic E-state index is 14.5. The molecule has 1 aromatic heterocycles. The Balaban J connectivity index is 1.76. The zero-order chi connectivity index (χ0) is 84.8. The van der Waals surface area contributed by atoms with Gasteiger partial charge in [-0.25, -0.2) is 0 Å². The SMILES string of the molecule is CC[C@H](C)[C@H](N)C(=O)N[C@@H](CC(N)=O)C(=O)N[C@@H](Cc1c[nH]c2ccccc12)C(=O)N[C@@H](CCCCN)C(=O)NCC(=O)N[C@H](C(=O)N[C@@H](C)C(=O)N[C@@H](C)C(=O)N[C@@H](CCSC)C(=O)N[C@@H](C)C(=O)N[C@@H](CCCCN)C(=O)N[C@@H](Cc1ccc(C#N)cc1)C(=O)N[C@@H](CC(C)C)C(=O)N[C@@H](CC(C)C)C(N)=O)[C@@H](C)CC. The third kappa shape index (κ3) is 33.9. The normalized spacial score (nSPS) is 15.2. The number of aromatic nitrogens is 1. The van der Waals surface area contributed by atoms with E-state index in [9.17, 15) is 77.2 Å². The summed E-state index contributed by atoms with van der Waals surface area (Å²) in [5, 5.41) is 44.2. The summed E-state index contributed by atoms with van der Waals surface area (Å²) in [4.78, 5) is 210. The van der Waals surface area contributed by atoms with Crippen molar-refractivity contribution < 1.29 is 71.9 Å². The second kappa shape index (κ2) is 50.0. The largest absolute Gasteiger partial charge is 0.370 e. The molecule has 35 nitrogen and oxygen atoms in total. The van der Waals surface area contributed by atoms with Crippen LogP contribution >= 0.6 is 11.8 Å². The first kappa shape index (κ1) is 96.9. The highest BCUT2D eigenvalue weighted by molar-refractivity contribution is 7.98. The summed E-state index contributed by atoms with van der Waals surface area (Å²) in [5.41, 5.74) is 31.1. The number of nitrogens with two attached hydrogens (primary N) is 5. The molecule has 0 fully saturated rings. The van der Waals surface area contributed by atoms with Gasteiger partial charge < -0.3 is 103 Å². The van der Waals surface area contributed by atoms with Crippen LogP contribution in [-0.4, -0.2) is 204 Å². The molecular weight excluding hydrogens is 1480 g/mol. The van der Waals surface area contributed by atoms with Crippen LogP contribution in [0.2, 0.25) is 0 Å². The maximum Gasteiger partial charge on any atom is 0.243 e. The van der Waals surface area contributed by atoms with Crippen molar-refractivity contribution in [1.29, 1.82) is 5.26 Å². The van der Waals surface area contributed by atoms with E-state index in [-0.39, 0.29) is 75.8 Å². The van der Waals surface area contributed by atoms with Crippen LogP contribution in [0.1, 0.15) is 170 Å². The Bertz CT molecular complexity index is 3740. The molecule has 113 heavy (non-hydrogen) atoms. The lowest BCUT2D eigenvalue weighted by atomic mass is 9.98. The number of aromatic amines is 1. The standard InChI is InChI=1S/C77H122N20O15S/c1-13-43(7)63(82)76(111)96-60(37-61(81)98)75(110)95-59(36-50-39-84-52-22-16-15-21-51(50)52)74(109)91-53(23-17-19-30-78)69(104)85-40-62(99)97-64(44(8)14-2)77(112)88-45(9)66(101)86-46(10)67(102)90-55(29-32-113-12)70(105)87-47(11)68(103)89-54(24-18-20-31-79)71(106)94-58(35-48-25-27-49(38-80)28-26-48)73(108)93-57(34-42(5)6)72(107)92-56(65(83)100)33-41(3)4/h15-16,21-22,25-28,39,41-47,53-60,63-64,84H,13-14,17-20,23-24,29-37,40,78-79,82H2,1-12H3,(H2,81,98)(H2,83,100)(H,85,104)(H,86,101)(H,87,105)(H,88,112)(H,89,103)(H,90,102)(H,91,109)(H,92,107)(H,93,108)(H,94,106)(H,95,110)(H,96,111)(H,97,99)/t43-,44-,45-,46-,47-,53-,54-,55-,56-,57-,58-,59-,60-,63-,64-/m0/s1. The molecule has 0 aliphatic carbocycles. The molecule has 1 heterocycles. The van der Waals surface area contributed by atoms with Crippen molar-refractivity contribution in [1.82, 2.24) is 74.1 Å². The number of H-pyrrole nitrogens is 1. The fourth-order valence-electron chi connectivity index (χ4n) is 11.9. The number of nitrogens with zero attached hydrogens (tertiary/aromatic N) is 1. The summed E-state index contributed by atoms with van der Waals surface area (Å²) in [6, 6.07) is -1.34. The highest BCUT2D eigenvalue weighted by atomic mass is 32.2. The fourth-order valence-corrected chi connectivity index (χ4v) is 12.3. The van der Waals surface area contributed by atoms with Crippen LogP contribution in [0.25, 0.3) is 10.9 Å². The molecule has 0 unspecified atom stereocenters. The van der Waals surface area contributed by atoms with Crippen molar-refractivity contribution in [3.63, 3.8) is 0 Å². The molecule has 24 N–H and O–H groups in total. The smallest absolute Gasteiger partial charge is 0.243 e. The van der Waals surface area contributed by atoms with Crippen LogP contribution in [0.5, 0.6) is 0 Å². The molecule has 0 saturated carbocycles. The van der Waals surface area contributed by atoms with E-state index in [4.69, 9.17) is 28.7 Å². The van der Waals surface area contributed by atoms with Gasteiger partial charge in [0, 0.05) is 29.9 Å². The number of nitrogens with one attached hydrogen (secondary N) is 14. The van der Waals surface area contributed by atoms with Crippen molar-refractivity contribution in [3.8, 4) is 6.07 Å². The number of hydrogen-bond donors (Lipinski definition) is 19. The Hall–Kier alpha value is -10.2. The average molecular weight is 1600 g/mol. The lowest BCUT2D eigenvalue weighted by Gasteiger charge is -2.28. The number of rotatable bonds is 52. The summed E-state index contributed by atoms with van der Waals surface area (Å²) in [7, 11) is 0. The summed E-state index contributed by atoms with van der Waals surface area (Å²) in [5.74, 6) is -12.9. The first-order valence-corrected chi connectivity index (χ1v) is 40.0. The molecule has 36 heteroatoms. The van der Waals surface area contributed by atoms with Crippen LogP contribution in [0.15, 0.2) is 54.7 Å². The monoisotopic (exact) mass is 1600 g/mol. The first-order valence-electron chi connectivity index (χ1n) is 38.6. The zero-order valence-electron chi connectivity index (χ0n) is 67.1. The van der Waals surface area contributed by atoms with E-state index in [0.29, 0.717) is 71.9 Å². The van der Waals surface area contributed by atoms with E-state index in [1.54, 1.807) is 69.6 Å². The van der Waals surface area contributed by atoms with E-state index in [2.05, 4.69) is 74.1 Å². The molecule has 0 saturated heterocycles. The van der Waals surface area contributed by atoms with Gasteiger partial charge in [0.2, 0.25) is 88.6 Å². The number of amides is 15. The van der Waals surface area contributed by atoms with Gasteiger partial charge in [-0.05, 0) is 157 Å². The minimum atomic E-state index is -1.54. The predicted octanol–water partition coefficient (Wildman–Crippen LogP) is -1.30. The van der Waals surface area contributed by atoms with Crippen molar-refractivity contribution in [3.05, 3.63) is 71.4 Å². The Morgan fingerprint density at radius 1 is 0.469 bits per heavy atom. The minimum absolute atomic E-state index is 0.0142. The van der Waals surface area contributed by atoms with E-state index in [1.165, 1.54) is 44.7 Å². The molecule has 0 aliphatic rings. The number of nitriles is 1. The van der Waals surface area contributed by atoms with Crippen LogP contribution in [0, 0.1) is 35.0 Å². The van der Waals surface area contributed by atoms with Crippen LogP contribution < -0.4 is 97.8 Å². The Morgan fingerprint density at radius 3 is 1.42 bits per heavy atom. The molecule has 3 aromatic rings. The highest BCUT2D eigenvalue weighted by Crippen LogP contribution is 2.21. The van der Waals surface area contributed by atoms with Gasteiger partial charge in [-0.1, -0.05) is 98.6 Å². The molecule has 3 rings (SSSR count). The molecule has 15 amide bonds. The first-order chi connectivity index (χ1) is 53.4. The number of carbonyl (C=O) groups is 15. The number of hydrogen-bond acceptors (Lipinski definition) is 20. The van der Waals surface area contributed by atoms with Gasteiger partial charge in [-0.2, -0.15) is 17.0 Å². The lowest BCUT2D eigenvalue weighted by Crippen LogP contribution is -2.60. The topological polar surface area (TPSA) is 582 Å². The lowest BCUT2D eigenvalue weighted by molar-refractivity contribution is -0.136. The second-order valence-corrected chi connectivity index (χ2v) is 30.5. The van der Waals surface area contributed by atoms with Crippen LogP contribution in [0.3, 0.4) is 0 Å². The molecule has 2 aromatic carbocycles. The maximum atomic E-state index is 14.5. The van der Waals surface area contributed by atoms with E-state index < -0.39 is 186 Å². The molecule has 0 aliphatic heterocycles. The molecule has 626 valence electrons. The second-order valence-electron chi connectivity index (χ2n) is 29.5. The third-order valence-corrected chi connectivity index (χ3v) is 19.7. The quantitative estimate of drug-likeness (QED) is 0.0292. The van der Waals surface area contributed by atoms with E-state index >= 15 is 0 Å². The number of thioether (sulfide) groups is 1. The summed E-state index contributed by atoms with van der Waals surface area (Å²) >= 11 is 1.35.